The first-order chi connectivity index (χ1) is 9.58. The van der Waals surface area contributed by atoms with Crippen LogP contribution in [0.4, 0.5) is 8.78 Å². The molecule has 0 radical (unpaired) electrons. The topological polar surface area (TPSA) is 50.2 Å². The molecule has 112 valence electrons. The third-order valence-corrected chi connectivity index (χ3v) is 4.31. The van der Waals surface area contributed by atoms with Crippen LogP contribution in [0.2, 0.25) is 0 Å². The summed E-state index contributed by atoms with van der Waals surface area (Å²) in [4.78, 5) is 17.4. The summed E-state index contributed by atoms with van der Waals surface area (Å²) in [5.41, 5.74) is 0. The summed E-state index contributed by atoms with van der Waals surface area (Å²) in [5, 5.41) is 3.28. The normalized spacial score (nSPS) is 19.3. The summed E-state index contributed by atoms with van der Waals surface area (Å²) in [6.07, 6.45) is 2.93. The first kappa shape index (κ1) is 15.2. The van der Waals surface area contributed by atoms with Crippen molar-refractivity contribution in [2.45, 2.75) is 25.6 Å². The van der Waals surface area contributed by atoms with E-state index >= 15 is 0 Å². The smallest absolute Gasteiger partial charge is 0.319 e. The Labute approximate surface area is 120 Å². The Hall–Kier alpha value is -1.15. The maximum Gasteiger partial charge on any atom is 0.319 e. The van der Waals surface area contributed by atoms with Gasteiger partial charge in [-0.25, -0.2) is 4.98 Å². The molecule has 1 saturated heterocycles. The second-order valence-corrected chi connectivity index (χ2v) is 5.86. The summed E-state index contributed by atoms with van der Waals surface area (Å²) in [6.45, 7) is -1.63. The van der Waals surface area contributed by atoms with E-state index < -0.39 is 6.55 Å². The molecule has 1 aromatic heterocycles. The predicted molar refractivity (Wildman–Crippen MR) is 73.7 cm³/mol. The minimum Gasteiger partial charge on any atom is -0.338 e. The number of hydrogen-bond acceptors (Lipinski definition) is 4. The fourth-order valence-corrected chi connectivity index (χ4v) is 3.01. The van der Waals surface area contributed by atoms with Gasteiger partial charge in [0.1, 0.15) is 5.82 Å². The number of halogens is 2. The maximum absolute atomic E-state index is 12.7. The van der Waals surface area contributed by atoms with Gasteiger partial charge in [-0.15, -0.1) is 0 Å². The van der Waals surface area contributed by atoms with E-state index in [0.717, 1.165) is 22.6 Å². The lowest BCUT2D eigenvalue weighted by atomic mass is 10.2. The van der Waals surface area contributed by atoms with Crippen LogP contribution in [0.3, 0.4) is 0 Å². The molecular weight excluding hydrogens is 286 g/mol. The minimum atomic E-state index is -2.63. The van der Waals surface area contributed by atoms with Gasteiger partial charge in [0, 0.05) is 50.0 Å². The molecule has 5 nitrogen and oxygen atoms in total. The molecule has 8 heteroatoms. The maximum atomic E-state index is 12.7. The Kier molecular flexibility index (Phi) is 5.36. The van der Waals surface area contributed by atoms with Gasteiger partial charge < -0.3 is 10.2 Å². The van der Waals surface area contributed by atoms with Crippen molar-refractivity contribution < 1.29 is 13.6 Å². The fourth-order valence-electron chi connectivity index (χ4n) is 2.06. The van der Waals surface area contributed by atoms with Crippen LogP contribution < -0.4 is 5.32 Å². The van der Waals surface area contributed by atoms with Gasteiger partial charge >= 0.3 is 6.55 Å². The highest BCUT2D eigenvalue weighted by Crippen LogP contribution is 2.15. The second-order valence-electron chi connectivity index (χ2n) is 4.71. The number of amides is 1. The molecule has 0 saturated carbocycles. The number of thioether (sulfide) groups is 1. The fraction of sp³-hybridized carbons (Fsp3) is 0.667. The minimum absolute atomic E-state index is 0.0613. The van der Waals surface area contributed by atoms with Crippen molar-refractivity contribution >= 4 is 17.7 Å². The van der Waals surface area contributed by atoms with Crippen molar-refractivity contribution in [3.05, 3.63) is 18.2 Å². The van der Waals surface area contributed by atoms with Gasteiger partial charge in [0.25, 0.3) is 0 Å². The van der Waals surface area contributed by atoms with Crippen LogP contribution in [-0.4, -0.2) is 51.5 Å². The number of carbonyl (C=O) groups excluding carboxylic acids is 1. The van der Waals surface area contributed by atoms with E-state index in [4.69, 9.17) is 0 Å². The number of nitrogens with zero attached hydrogens (tertiary/aromatic N) is 3. The van der Waals surface area contributed by atoms with Gasteiger partial charge in [-0.05, 0) is 0 Å². The molecule has 1 atom stereocenters. The molecule has 2 rings (SSSR count). The molecule has 1 aliphatic rings. The van der Waals surface area contributed by atoms with E-state index in [2.05, 4.69) is 10.3 Å². The molecule has 0 spiro atoms. The Morgan fingerprint density at radius 3 is 3.15 bits per heavy atom. The molecule has 2 heterocycles. The summed E-state index contributed by atoms with van der Waals surface area (Å²) in [5.74, 6) is 2.10. The van der Waals surface area contributed by atoms with Gasteiger partial charge in [-0.1, -0.05) is 0 Å². The van der Waals surface area contributed by atoms with Crippen LogP contribution in [0.25, 0.3) is 0 Å². The van der Waals surface area contributed by atoms with Crippen LogP contribution in [0.15, 0.2) is 12.4 Å². The van der Waals surface area contributed by atoms with Crippen molar-refractivity contribution in [1.29, 1.82) is 0 Å². The lowest BCUT2D eigenvalue weighted by molar-refractivity contribution is -0.131. The van der Waals surface area contributed by atoms with Crippen molar-refractivity contribution in [1.82, 2.24) is 19.8 Å². The SMILES string of the molecule is CN(Cc1nccn1C(F)F)C(=O)CC1CSCCN1. The van der Waals surface area contributed by atoms with Crippen molar-refractivity contribution in [3.8, 4) is 0 Å². The summed E-state index contributed by atoms with van der Waals surface area (Å²) < 4.78 is 26.2. The average Bonchev–Trinajstić information content (AvgIpc) is 2.88. The van der Waals surface area contributed by atoms with E-state index in [9.17, 15) is 13.6 Å². The standard InChI is InChI=1S/C12H18F2N4OS/c1-17(7-10-16-2-4-18(10)12(13)14)11(19)6-9-8-20-5-3-15-9/h2,4,9,12,15H,3,5-8H2,1H3. The number of hydrogen-bond donors (Lipinski definition) is 1. The van der Waals surface area contributed by atoms with Crippen LogP contribution >= 0.6 is 11.8 Å². The largest absolute Gasteiger partial charge is 0.338 e. The van der Waals surface area contributed by atoms with Crippen molar-refractivity contribution in [2.24, 2.45) is 0 Å². The number of imidazole rings is 1. The highest BCUT2D eigenvalue weighted by Gasteiger charge is 2.21. The Balaban J connectivity index is 1.88. The Morgan fingerprint density at radius 2 is 2.50 bits per heavy atom. The van der Waals surface area contributed by atoms with Crippen molar-refractivity contribution in [2.75, 3.05) is 25.1 Å². The van der Waals surface area contributed by atoms with E-state index in [1.807, 2.05) is 11.8 Å². The number of rotatable bonds is 5. The Bertz CT molecular complexity index is 448. The van der Waals surface area contributed by atoms with Crippen LogP contribution in [0.1, 0.15) is 18.8 Å². The molecule has 20 heavy (non-hydrogen) atoms. The summed E-state index contributed by atoms with van der Waals surface area (Å²) in [6, 6.07) is 0.165. The molecular formula is C12H18F2N4OS. The second kappa shape index (κ2) is 7.03. The monoisotopic (exact) mass is 304 g/mol. The van der Waals surface area contributed by atoms with Crippen molar-refractivity contribution in [3.63, 3.8) is 0 Å². The van der Waals surface area contributed by atoms with Gasteiger partial charge in [0.15, 0.2) is 0 Å². The molecule has 1 aromatic rings. The van der Waals surface area contributed by atoms with Gasteiger partial charge in [0.2, 0.25) is 5.91 Å². The van der Waals surface area contributed by atoms with Crippen LogP contribution in [0, 0.1) is 0 Å². The molecule has 1 aliphatic heterocycles. The highest BCUT2D eigenvalue weighted by molar-refractivity contribution is 7.99. The molecule has 1 N–H and O–H groups in total. The molecule has 1 unspecified atom stereocenters. The number of nitrogens with one attached hydrogen (secondary N) is 1. The van der Waals surface area contributed by atoms with Crippen LogP contribution in [0.5, 0.6) is 0 Å². The van der Waals surface area contributed by atoms with Gasteiger partial charge in [-0.3, -0.25) is 9.36 Å². The molecule has 1 fully saturated rings. The van der Waals surface area contributed by atoms with Gasteiger partial charge in [-0.2, -0.15) is 20.5 Å². The molecule has 0 bridgehead atoms. The lowest BCUT2D eigenvalue weighted by Gasteiger charge is -2.25. The van der Waals surface area contributed by atoms with E-state index in [0.29, 0.717) is 6.42 Å². The molecule has 0 aromatic carbocycles. The zero-order valence-corrected chi connectivity index (χ0v) is 12.1. The lowest BCUT2D eigenvalue weighted by Crippen LogP contribution is -2.41. The highest BCUT2D eigenvalue weighted by atomic mass is 32.2. The summed E-state index contributed by atoms with van der Waals surface area (Å²) >= 11 is 1.82. The number of aromatic nitrogens is 2. The average molecular weight is 304 g/mol. The third kappa shape index (κ3) is 3.92. The first-order valence-electron chi connectivity index (χ1n) is 6.43. The number of alkyl halides is 2. The predicted octanol–water partition coefficient (Wildman–Crippen LogP) is 1.33. The zero-order chi connectivity index (χ0) is 14.5. The number of carbonyl (C=O) groups is 1. The van der Waals surface area contributed by atoms with Gasteiger partial charge in [0.05, 0.1) is 6.54 Å². The molecule has 1 amide bonds. The van der Waals surface area contributed by atoms with E-state index in [1.165, 1.54) is 17.3 Å². The quantitative estimate of drug-likeness (QED) is 0.892. The summed E-state index contributed by atoms with van der Waals surface area (Å²) in [7, 11) is 1.61. The Morgan fingerprint density at radius 1 is 1.70 bits per heavy atom. The zero-order valence-electron chi connectivity index (χ0n) is 11.3. The van der Waals surface area contributed by atoms with Crippen LogP contribution in [-0.2, 0) is 11.3 Å². The first-order valence-corrected chi connectivity index (χ1v) is 7.58. The molecule has 0 aliphatic carbocycles. The third-order valence-electron chi connectivity index (χ3n) is 3.18. The van der Waals surface area contributed by atoms with E-state index in [-0.39, 0.29) is 24.3 Å². The van der Waals surface area contributed by atoms with E-state index in [1.54, 1.807) is 7.05 Å².